The molecule has 0 saturated carbocycles. The Morgan fingerprint density at radius 1 is 1.26 bits per heavy atom. The highest BCUT2D eigenvalue weighted by atomic mass is 79.9. The van der Waals surface area contributed by atoms with Gasteiger partial charge in [0.2, 0.25) is 0 Å². The molecular weight excluding hydrogens is 304 g/mol. The molecule has 106 valence electrons. The number of β-amino-alcohol motifs (C(OH)–C–C–N with tert-alkyl or cyclic N) is 1. The van der Waals surface area contributed by atoms with Gasteiger partial charge in [0.15, 0.2) is 0 Å². The highest BCUT2D eigenvalue weighted by Crippen LogP contribution is 2.28. The molecule has 4 heteroatoms. The Labute approximate surface area is 124 Å². The van der Waals surface area contributed by atoms with E-state index in [4.69, 9.17) is 0 Å². The minimum Gasteiger partial charge on any atom is -0.387 e. The Hall–Kier alpha value is -0.580. The first kappa shape index (κ1) is 14.8. The normalized spacial score (nSPS) is 27.2. The number of aliphatic hydroxyl groups is 1. The molecule has 1 aromatic rings. The number of hydrogen-bond acceptors (Lipinski definition) is 3. The molecule has 1 fully saturated rings. The summed E-state index contributed by atoms with van der Waals surface area (Å²) in [6, 6.07) is 6.30. The SMILES string of the molecule is Cc1cc(Br)ccc1N1CC(C)(O)CNC(C)(C)C1. The van der Waals surface area contributed by atoms with Gasteiger partial charge in [-0.3, -0.25) is 0 Å². The van der Waals surface area contributed by atoms with Gasteiger partial charge in [0, 0.05) is 35.3 Å². The molecule has 0 radical (unpaired) electrons. The van der Waals surface area contributed by atoms with Crippen LogP contribution >= 0.6 is 15.9 Å². The zero-order chi connectivity index (χ0) is 14.3. The van der Waals surface area contributed by atoms with E-state index < -0.39 is 5.60 Å². The lowest BCUT2D eigenvalue weighted by Crippen LogP contribution is -2.47. The molecule has 0 bridgehead atoms. The predicted octanol–water partition coefficient (Wildman–Crippen LogP) is 2.70. The van der Waals surface area contributed by atoms with Gasteiger partial charge in [0.1, 0.15) is 0 Å². The van der Waals surface area contributed by atoms with Crippen molar-refractivity contribution in [2.75, 3.05) is 24.5 Å². The van der Waals surface area contributed by atoms with Gasteiger partial charge in [-0.25, -0.2) is 0 Å². The number of hydrogen-bond donors (Lipinski definition) is 2. The van der Waals surface area contributed by atoms with Gasteiger partial charge in [0.25, 0.3) is 0 Å². The van der Waals surface area contributed by atoms with Crippen LogP contribution < -0.4 is 10.2 Å². The zero-order valence-corrected chi connectivity index (χ0v) is 13.7. The van der Waals surface area contributed by atoms with E-state index in [1.165, 1.54) is 11.3 Å². The summed E-state index contributed by atoms with van der Waals surface area (Å²) in [7, 11) is 0. The summed E-state index contributed by atoms with van der Waals surface area (Å²) >= 11 is 3.50. The van der Waals surface area contributed by atoms with Crippen LogP contribution in [0, 0.1) is 6.92 Å². The van der Waals surface area contributed by atoms with E-state index in [1.54, 1.807) is 0 Å². The highest BCUT2D eigenvalue weighted by Gasteiger charge is 2.34. The van der Waals surface area contributed by atoms with Crippen molar-refractivity contribution in [2.45, 2.75) is 38.8 Å². The van der Waals surface area contributed by atoms with Crippen molar-refractivity contribution < 1.29 is 5.11 Å². The van der Waals surface area contributed by atoms with Gasteiger partial charge in [0.05, 0.1) is 5.60 Å². The molecule has 19 heavy (non-hydrogen) atoms. The van der Waals surface area contributed by atoms with Crippen molar-refractivity contribution in [3.8, 4) is 0 Å². The average molecular weight is 327 g/mol. The summed E-state index contributed by atoms with van der Waals surface area (Å²) in [5, 5.41) is 13.9. The van der Waals surface area contributed by atoms with E-state index in [9.17, 15) is 5.11 Å². The van der Waals surface area contributed by atoms with Gasteiger partial charge < -0.3 is 15.3 Å². The summed E-state index contributed by atoms with van der Waals surface area (Å²) in [5.41, 5.74) is 1.69. The first-order chi connectivity index (χ1) is 8.69. The quantitative estimate of drug-likeness (QED) is 0.832. The van der Waals surface area contributed by atoms with E-state index >= 15 is 0 Å². The van der Waals surface area contributed by atoms with Crippen LogP contribution in [0.4, 0.5) is 5.69 Å². The van der Waals surface area contributed by atoms with Crippen molar-refractivity contribution in [3.63, 3.8) is 0 Å². The molecule has 1 aliphatic rings. The maximum Gasteiger partial charge on any atom is 0.0917 e. The molecule has 0 aliphatic carbocycles. The van der Waals surface area contributed by atoms with E-state index in [0.717, 1.165) is 11.0 Å². The van der Waals surface area contributed by atoms with Crippen LogP contribution in [0.3, 0.4) is 0 Å². The topological polar surface area (TPSA) is 35.5 Å². The highest BCUT2D eigenvalue weighted by molar-refractivity contribution is 9.10. The molecule has 2 rings (SSSR count). The van der Waals surface area contributed by atoms with Gasteiger partial charge in [-0.1, -0.05) is 15.9 Å². The summed E-state index contributed by atoms with van der Waals surface area (Å²) in [6.45, 7) is 10.5. The van der Waals surface area contributed by atoms with Gasteiger partial charge in [-0.05, 0) is 51.5 Å². The number of halogens is 1. The first-order valence-electron chi connectivity index (χ1n) is 6.67. The molecule has 1 aromatic carbocycles. The summed E-state index contributed by atoms with van der Waals surface area (Å²) in [6.07, 6.45) is 0. The Bertz CT molecular complexity index is 453. The third kappa shape index (κ3) is 3.71. The second-order valence-corrected chi connectivity index (χ2v) is 7.44. The van der Waals surface area contributed by atoms with Crippen LogP contribution in [0.25, 0.3) is 0 Å². The molecule has 1 aliphatic heterocycles. The maximum atomic E-state index is 10.5. The smallest absolute Gasteiger partial charge is 0.0917 e. The molecule has 1 unspecified atom stereocenters. The Morgan fingerprint density at radius 3 is 2.58 bits per heavy atom. The zero-order valence-electron chi connectivity index (χ0n) is 12.1. The van der Waals surface area contributed by atoms with E-state index in [2.05, 4.69) is 65.1 Å². The third-order valence-electron chi connectivity index (χ3n) is 3.56. The summed E-state index contributed by atoms with van der Waals surface area (Å²) < 4.78 is 1.09. The van der Waals surface area contributed by atoms with Crippen LogP contribution in [0.15, 0.2) is 22.7 Å². The largest absolute Gasteiger partial charge is 0.387 e. The molecule has 1 atom stereocenters. The number of anilines is 1. The number of benzene rings is 1. The van der Waals surface area contributed by atoms with Crippen LogP contribution in [0.5, 0.6) is 0 Å². The average Bonchev–Trinajstić information content (AvgIpc) is 2.35. The first-order valence-corrected chi connectivity index (χ1v) is 7.46. The molecular formula is C15H23BrN2O. The number of rotatable bonds is 1. The lowest BCUT2D eigenvalue weighted by atomic mass is 10.0. The van der Waals surface area contributed by atoms with E-state index in [1.807, 2.05) is 6.92 Å². The molecule has 0 aromatic heterocycles. The van der Waals surface area contributed by atoms with Crippen molar-refractivity contribution in [2.24, 2.45) is 0 Å². The monoisotopic (exact) mass is 326 g/mol. The molecule has 0 amide bonds. The molecule has 1 saturated heterocycles. The number of nitrogens with zero attached hydrogens (tertiary/aromatic N) is 1. The maximum absolute atomic E-state index is 10.5. The van der Waals surface area contributed by atoms with Crippen molar-refractivity contribution in [1.82, 2.24) is 5.32 Å². The summed E-state index contributed by atoms with van der Waals surface area (Å²) in [5.74, 6) is 0. The van der Waals surface area contributed by atoms with Crippen molar-refractivity contribution >= 4 is 21.6 Å². The number of aryl methyl sites for hydroxylation is 1. The lowest BCUT2D eigenvalue weighted by Gasteiger charge is -2.33. The van der Waals surface area contributed by atoms with Crippen molar-refractivity contribution in [1.29, 1.82) is 0 Å². The Kier molecular flexibility index (Phi) is 3.96. The summed E-state index contributed by atoms with van der Waals surface area (Å²) in [4.78, 5) is 2.28. The predicted molar refractivity (Wildman–Crippen MR) is 83.8 cm³/mol. The Balaban J connectivity index is 2.35. The lowest BCUT2D eigenvalue weighted by molar-refractivity contribution is 0.0696. The van der Waals surface area contributed by atoms with Crippen LogP contribution in [0.1, 0.15) is 26.3 Å². The molecule has 2 N–H and O–H groups in total. The van der Waals surface area contributed by atoms with Crippen LogP contribution in [0.2, 0.25) is 0 Å². The fraction of sp³-hybridized carbons (Fsp3) is 0.600. The number of nitrogens with one attached hydrogen (secondary N) is 1. The third-order valence-corrected chi connectivity index (χ3v) is 4.06. The van der Waals surface area contributed by atoms with Crippen LogP contribution in [-0.2, 0) is 0 Å². The minimum absolute atomic E-state index is 0.0139. The Morgan fingerprint density at radius 2 is 1.95 bits per heavy atom. The second kappa shape index (κ2) is 5.08. The minimum atomic E-state index is -0.715. The van der Waals surface area contributed by atoms with Gasteiger partial charge >= 0.3 is 0 Å². The molecule has 0 spiro atoms. The van der Waals surface area contributed by atoms with Gasteiger partial charge in [-0.2, -0.15) is 0 Å². The standard InChI is InChI=1S/C15H23BrN2O/c1-11-7-12(16)5-6-13(11)18-9-14(2,3)17-8-15(4,19)10-18/h5-7,17,19H,8-10H2,1-4H3. The fourth-order valence-electron chi connectivity index (χ4n) is 2.63. The fourth-order valence-corrected chi connectivity index (χ4v) is 3.11. The van der Waals surface area contributed by atoms with Crippen molar-refractivity contribution in [3.05, 3.63) is 28.2 Å². The molecule has 3 nitrogen and oxygen atoms in total. The van der Waals surface area contributed by atoms with E-state index in [-0.39, 0.29) is 5.54 Å². The van der Waals surface area contributed by atoms with E-state index in [0.29, 0.717) is 13.1 Å². The van der Waals surface area contributed by atoms with Gasteiger partial charge in [-0.15, -0.1) is 0 Å². The second-order valence-electron chi connectivity index (χ2n) is 6.52. The van der Waals surface area contributed by atoms with Crippen LogP contribution in [-0.4, -0.2) is 35.9 Å². The molecule has 1 heterocycles.